The summed E-state index contributed by atoms with van der Waals surface area (Å²) in [4.78, 5) is 18.5. The Labute approximate surface area is 99.9 Å². The first-order chi connectivity index (χ1) is 7.18. The zero-order chi connectivity index (χ0) is 12.9. The van der Waals surface area contributed by atoms with Crippen LogP contribution in [0.4, 0.5) is 0 Å². The summed E-state index contributed by atoms with van der Waals surface area (Å²) in [6.07, 6.45) is 1.62. The number of carbonyl (C=O) groups excluding carboxylic acids is 1. The minimum Gasteiger partial charge on any atom is -0.299 e. The number of ketones is 1. The first-order valence-corrected chi connectivity index (χ1v) is 5.91. The van der Waals surface area contributed by atoms with E-state index in [4.69, 9.17) is 0 Å². The van der Waals surface area contributed by atoms with Crippen molar-refractivity contribution in [3.05, 3.63) is 0 Å². The molecule has 0 spiro atoms. The second-order valence-electron chi connectivity index (χ2n) is 5.57. The molecule has 3 nitrogen and oxygen atoms in total. The third kappa shape index (κ3) is 5.40. The molecular formula is C13H26N2O. The van der Waals surface area contributed by atoms with Crippen LogP contribution in [0.25, 0.3) is 0 Å². The van der Waals surface area contributed by atoms with Gasteiger partial charge in [-0.25, -0.2) is 0 Å². The van der Waals surface area contributed by atoms with Gasteiger partial charge in [0, 0.05) is 17.5 Å². The maximum absolute atomic E-state index is 11.8. The molecule has 94 valence electrons. The number of hydrogen-bond donors (Lipinski definition) is 0. The van der Waals surface area contributed by atoms with Crippen LogP contribution in [-0.2, 0) is 4.79 Å². The second kappa shape index (κ2) is 6.14. The average Bonchev–Trinajstić information content (AvgIpc) is 2.11. The maximum Gasteiger partial charge on any atom is 0.143 e. The van der Waals surface area contributed by atoms with Crippen LogP contribution in [0, 0.1) is 5.41 Å². The molecule has 0 radical (unpaired) electrons. The van der Waals surface area contributed by atoms with Crippen LogP contribution < -0.4 is 0 Å². The molecule has 0 aliphatic heterocycles. The fraction of sp³-hybridized carbons (Fsp3) is 0.846. The van der Waals surface area contributed by atoms with Crippen molar-refractivity contribution in [2.75, 3.05) is 14.1 Å². The van der Waals surface area contributed by atoms with Gasteiger partial charge in [0.05, 0.1) is 0 Å². The van der Waals surface area contributed by atoms with E-state index in [9.17, 15) is 4.79 Å². The molecule has 0 saturated heterocycles. The highest BCUT2D eigenvalue weighted by Gasteiger charge is 2.21. The number of aliphatic imine (C=N–C) groups is 1. The summed E-state index contributed by atoms with van der Waals surface area (Å²) in [5, 5.41) is 0. The van der Waals surface area contributed by atoms with E-state index in [1.807, 2.05) is 41.8 Å². The van der Waals surface area contributed by atoms with Crippen LogP contribution in [0.1, 0.15) is 47.5 Å². The first-order valence-electron chi connectivity index (χ1n) is 5.91. The highest BCUT2D eigenvalue weighted by atomic mass is 16.1. The normalized spacial score (nSPS) is 15.4. The summed E-state index contributed by atoms with van der Waals surface area (Å²) in [6.45, 7) is 9.90. The van der Waals surface area contributed by atoms with E-state index in [0.717, 1.165) is 12.1 Å². The fourth-order valence-corrected chi connectivity index (χ4v) is 1.37. The van der Waals surface area contributed by atoms with Gasteiger partial charge in [0.2, 0.25) is 0 Å². The van der Waals surface area contributed by atoms with Crippen molar-refractivity contribution in [2.24, 2.45) is 10.4 Å². The molecule has 0 fully saturated rings. The van der Waals surface area contributed by atoms with Crippen molar-refractivity contribution in [3.8, 4) is 0 Å². The van der Waals surface area contributed by atoms with Gasteiger partial charge in [-0.3, -0.25) is 14.7 Å². The molecule has 0 aliphatic rings. The summed E-state index contributed by atoms with van der Waals surface area (Å²) in [7, 11) is 4.02. The zero-order valence-electron chi connectivity index (χ0n) is 11.8. The summed E-state index contributed by atoms with van der Waals surface area (Å²) in [5.74, 6) is 0.252. The summed E-state index contributed by atoms with van der Waals surface area (Å²) in [5.41, 5.74) is 0.664. The Kier molecular flexibility index (Phi) is 5.87. The first kappa shape index (κ1) is 15.3. The lowest BCUT2D eigenvalue weighted by Crippen LogP contribution is -2.27. The molecule has 0 N–H and O–H groups in total. The van der Waals surface area contributed by atoms with Crippen LogP contribution in [0.5, 0.6) is 0 Å². The van der Waals surface area contributed by atoms with E-state index in [0.29, 0.717) is 6.42 Å². The van der Waals surface area contributed by atoms with Gasteiger partial charge in [0.25, 0.3) is 0 Å². The average molecular weight is 226 g/mol. The lowest BCUT2D eigenvalue weighted by molar-refractivity contribution is -0.125. The van der Waals surface area contributed by atoms with Crippen molar-refractivity contribution in [3.63, 3.8) is 0 Å². The number of Topliss-reactive ketones (excluding diaryl/α,β-unsaturated/α-hetero) is 1. The Morgan fingerprint density at radius 2 is 1.81 bits per heavy atom. The molecule has 0 heterocycles. The Morgan fingerprint density at radius 1 is 1.31 bits per heavy atom. The van der Waals surface area contributed by atoms with Crippen LogP contribution in [0.15, 0.2) is 4.99 Å². The highest BCUT2D eigenvalue weighted by Crippen LogP contribution is 2.17. The van der Waals surface area contributed by atoms with Crippen molar-refractivity contribution >= 4 is 11.5 Å². The van der Waals surface area contributed by atoms with Gasteiger partial charge >= 0.3 is 0 Å². The van der Waals surface area contributed by atoms with Gasteiger partial charge in [-0.2, -0.15) is 0 Å². The van der Waals surface area contributed by atoms with Crippen molar-refractivity contribution in [1.82, 2.24) is 4.90 Å². The van der Waals surface area contributed by atoms with E-state index in [1.165, 1.54) is 0 Å². The minimum atomic E-state index is -0.267. The molecule has 0 aromatic heterocycles. The summed E-state index contributed by atoms with van der Waals surface area (Å²) < 4.78 is 0. The molecule has 0 aliphatic carbocycles. The van der Waals surface area contributed by atoms with Gasteiger partial charge < -0.3 is 0 Å². The van der Waals surface area contributed by atoms with E-state index in [1.54, 1.807) is 0 Å². The van der Waals surface area contributed by atoms with Gasteiger partial charge in [0.15, 0.2) is 0 Å². The van der Waals surface area contributed by atoms with Crippen LogP contribution in [0.3, 0.4) is 0 Å². The smallest absolute Gasteiger partial charge is 0.143 e. The Morgan fingerprint density at radius 3 is 2.12 bits per heavy atom. The molecule has 1 unspecified atom stereocenters. The lowest BCUT2D eigenvalue weighted by Gasteiger charge is -2.21. The molecule has 0 amide bonds. The topological polar surface area (TPSA) is 32.7 Å². The summed E-state index contributed by atoms with van der Waals surface area (Å²) >= 11 is 0. The number of hydrogen-bond acceptors (Lipinski definition) is 3. The standard InChI is InChI=1S/C13H26N2O/c1-8-12(15(6)7)14-10(2)9-11(16)13(3,4)5/h12H,8-9H2,1-7H3/b14-10-. The van der Waals surface area contributed by atoms with E-state index < -0.39 is 0 Å². The maximum atomic E-state index is 11.8. The monoisotopic (exact) mass is 226 g/mol. The molecule has 0 aromatic rings. The summed E-state index contributed by atoms with van der Waals surface area (Å²) in [6, 6.07) is 0. The van der Waals surface area contributed by atoms with Crippen molar-refractivity contribution < 1.29 is 4.79 Å². The van der Waals surface area contributed by atoms with Crippen LogP contribution in [0.2, 0.25) is 0 Å². The fourth-order valence-electron chi connectivity index (χ4n) is 1.37. The quantitative estimate of drug-likeness (QED) is 0.675. The Balaban J connectivity index is 4.51. The molecule has 0 bridgehead atoms. The Hall–Kier alpha value is -0.700. The minimum absolute atomic E-state index is 0.188. The lowest BCUT2D eigenvalue weighted by atomic mass is 9.88. The molecule has 16 heavy (non-hydrogen) atoms. The van der Waals surface area contributed by atoms with E-state index in [-0.39, 0.29) is 17.4 Å². The van der Waals surface area contributed by atoms with Gasteiger partial charge in [0.1, 0.15) is 11.9 Å². The molecular weight excluding hydrogens is 200 g/mol. The SMILES string of the molecule is CCC(/N=C(/C)CC(=O)C(C)(C)C)N(C)C. The third-order valence-corrected chi connectivity index (χ3v) is 2.58. The largest absolute Gasteiger partial charge is 0.299 e. The molecule has 0 rings (SSSR count). The number of rotatable bonds is 5. The Bertz CT molecular complexity index is 262. The number of carbonyl (C=O) groups is 1. The third-order valence-electron chi connectivity index (χ3n) is 2.58. The second-order valence-corrected chi connectivity index (χ2v) is 5.57. The highest BCUT2D eigenvalue weighted by molar-refractivity contribution is 6.02. The van der Waals surface area contributed by atoms with E-state index in [2.05, 4.69) is 16.8 Å². The van der Waals surface area contributed by atoms with Crippen molar-refractivity contribution in [1.29, 1.82) is 0 Å². The van der Waals surface area contributed by atoms with Crippen LogP contribution in [-0.4, -0.2) is 36.7 Å². The predicted molar refractivity (Wildman–Crippen MR) is 70.0 cm³/mol. The number of nitrogens with zero attached hydrogens (tertiary/aromatic N) is 2. The van der Waals surface area contributed by atoms with Gasteiger partial charge in [-0.05, 0) is 27.4 Å². The van der Waals surface area contributed by atoms with Gasteiger partial charge in [-0.1, -0.05) is 27.7 Å². The molecule has 0 saturated carbocycles. The van der Waals surface area contributed by atoms with Gasteiger partial charge in [-0.15, -0.1) is 0 Å². The van der Waals surface area contributed by atoms with E-state index >= 15 is 0 Å². The molecule has 0 aromatic carbocycles. The molecule has 3 heteroatoms. The van der Waals surface area contributed by atoms with Crippen LogP contribution >= 0.6 is 0 Å². The predicted octanol–water partition coefficient (Wildman–Crippen LogP) is 2.75. The van der Waals surface area contributed by atoms with Crippen molar-refractivity contribution in [2.45, 2.75) is 53.6 Å². The molecule has 1 atom stereocenters. The zero-order valence-corrected chi connectivity index (χ0v) is 11.8.